The van der Waals surface area contributed by atoms with Crippen molar-refractivity contribution < 1.29 is 32.6 Å². The van der Waals surface area contributed by atoms with Crippen LogP contribution >= 0.6 is 0 Å². The fraction of sp³-hybridized carbons (Fsp3) is 0.208. The SMILES string of the molecule is CC(=O)Nc1ccc(S(=O)(=O)NC(C=O)CC(=O)O)c(OCCc2ccc3ccccc3c2)c1. The Labute approximate surface area is 196 Å². The smallest absolute Gasteiger partial charge is 0.305 e. The molecule has 0 spiro atoms. The van der Waals surface area contributed by atoms with Crippen molar-refractivity contribution in [3.63, 3.8) is 0 Å². The number of amides is 1. The van der Waals surface area contributed by atoms with Crippen LogP contribution in [0.1, 0.15) is 18.9 Å². The molecule has 0 aliphatic heterocycles. The number of carbonyl (C=O) groups excluding carboxylic acids is 2. The molecule has 0 bridgehead atoms. The fourth-order valence-corrected chi connectivity index (χ4v) is 4.66. The van der Waals surface area contributed by atoms with Crippen LogP contribution < -0.4 is 14.8 Å². The molecule has 0 aromatic heterocycles. The Hall–Kier alpha value is -3.76. The molecule has 1 atom stereocenters. The molecule has 0 radical (unpaired) electrons. The summed E-state index contributed by atoms with van der Waals surface area (Å²) in [7, 11) is -4.30. The second-order valence-electron chi connectivity index (χ2n) is 7.58. The van der Waals surface area contributed by atoms with Crippen LogP contribution in [0.4, 0.5) is 5.69 Å². The van der Waals surface area contributed by atoms with E-state index in [9.17, 15) is 22.8 Å². The Morgan fingerprint density at radius 3 is 2.47 bits per heavy atom. The highest BCUT2D eigenvalue weighted by Gasteiger charge is 2.25. The molecule has 1 amide bonds. The highest BCUT2D eigenvalue weighted by molar-refractivity contribution is 7.89. The first-order valence-electron chi connectivity index (χ1n) is 10.4. The number of nitrogens with one attached hydrogen (secondary N) is 2. The lowest BCUT2D eigenvalue weighted by Crippen LogP contribution is -2.37. The van der Waals surface area contributed by atoms with Gasteiger partial charge in [0, 0.05) is 25.1 Å². The lowest BCUT2D eigenvalue weighted by Gasteiger charge is -2.16. The van der Waals surface area contributed by atoms with E-state index in [0.29, 0.717) is 12.1 Å². The molecule has 1 unspecified atom stereocenters. The van der Waals surface area contributed by atoms with E-state index in [-0.39, 0.29) is 29.4 Å². The molecule has 0 saturated heterocycles. The van der Waals surface area contributed by atoms with Gasteiger partial charge in [-0.1, -0.05) is 42.5 Å². The molecule has 3 rings (SSSR count). The first kappa shape index (κ1) is 24.9. The van der Waals surface area contributed by atoms with Crippen molar-refractivity contribution in [1.29, 1.82) is 0 Å². The van der Waals surface area contributed by atoms with Crippen LogP contribution in [0.5, 0.6) is 5.75 Å². The minimum atomic E-state index is -4.30. The number of fused-ring (bicyclic) bond motifs is 1. The van der Waals surface area contributed by atoms with Gasteiger partial charge in [0.2, 0.25) is 15.9 Å². The molecule has 0 fully saturated rings. The summed E-state index contributed by atoms with van der Waals surface area (Å²) in [4.78, 5) is 33.2. The molecular formula is C24H24N2O7S. The number of aldehydes is 1. The van der Waals surface area contributed by atoms with Crippen molar-refractivity contribution >= 4 is 44.6 Å². The highest BCUT2D eigenvalue weighted by atomic mass is 32.2. The van der Waals surface area contributed by atoms with E-state index in [2.05, 4.69) is 10.0 Å². The number of sulfonamides is 1. The normalized spacial score (nSPS) is 12.1. The summed E-state index contributed by atoms with van der Waals surface area (Å²) < 4.78 is 33.6. The fourth-order valence-electron chi connectivity index (χ4n) is 3.37. The first-order valence-corrected chi connectivity index (χ1v) is 11.9. The second kappa shape index (κ2) is 10.9. The van der Waals surface area contributed by atoms with E-state index >= 15 is 0 Å². The van der Waals surface area contributed by atoms with Gasteiger partial charge in [0.15, 0.2) is 0 Å². The zero-order chi connectivity index (χ0) is 24.7. The number of benzene rings is 3. The van der Waals surface area contributed by atoms with Crippen molar-refractivity contribution in [2.24, 2.45) is 0 Å². The molecule has 0 aliphatic carbocycles. The molecular weight excluding hydrogens is 460 g/mol. The topological polar surface area (TPSA) is 139 Å². The molecule has 0 saturated carbocycles. The molecule has 0 heterocycles. The predicted octanol–water partition coefficient (Wildman–Crippen LogP) is 2.74. The molecule has 9 nitrogen and oxygen atoms in total. The van der Waals surface area contributed by atoms with Gasteiger partial charge in [-0.25, -0.2) is 13.1 Å². The minimum Gasteiger partial charge on any atom is -0.492 e. The van der Waals surface area contributed by atoms with Gasteiger partial charge in [-0.3, -0.25) is 9.59 Å². The number of ether oxygens (including phenoxy) is 1. The van der Waals surface area contributed by atoms with Gasteiger partial charge in [-0.15, -0.1) is 0 Å². The molecule has 0 aliphatic rings. The first-order chi connectivity index (χ1) is 16.2. The highest BCUT2D eigenvalue weighted by Crippen LogP contribution is 2.28. The third-order valence-corrected chi connectivity index (χ3v) is 6.41. The van der Waals surface area contributed by atoms with E-state index in [1.54, 1.807) is 0 Å². The average Bonchev–Trinajstić information content (AvgIpc) is 2.77. The predicted molar refractivity (Wildman–Crippen MR) is 126 cm³/mol. The number of carbonyl (C=O) groups is 3. The Morgan fingerprint density at radius 2 is 1.79 bits per heavy atom. The maximum Gasteiger partial charge on any atom is 0.305 e. The number of hydrogen-bond donors (Lipinski definition) is 3. The number of hydrogen-bond acceptors (Lipinski definition) is 6. The van der Waals surface area contributed by atoms with E-state index in [0.717, 1.165) is 16.3 Å². The van der Waals surface area contributed by atoms with Crippen LogP contribution in [-0.2, 0) is 30.8 Å². The van der Waals surface area contributed by atoms with Gasteiger partial charge in [-0.05, 0) is 28.5 Å². The van der Waals surface area contributed by atoms with Crippen molar-refractivity contribution in [2.45, 2.75) is 30.7 Å². The van der Waals surface area contributed by atoms with Gasteiger partial charge in [0.1, 0.15) is 16.9 Å². The van der Waals surface area contributed by atoms with E-state index < -0.39 is 28.5 Å². The third kappa shape index (κ3) is 6.63. The number of carboxylic acids is 1. The molecule has 3 aromatic rings. The van der Waals surface area contributed by atoms with E-state index in [1.807, 2.05) is 42.5 Å². The van der Waals surface area contributed by atoms with Gasteiger partial charge >= 0.3 is 5.97 Å². The van der Waals surface area contributed by atoms with Crippen LogP contribution in [-0.4, -0.2) is 44.3 Å². The minimum absolute atomic E-state index is 0.0421. The lowest BCUT2D eigenvalue weighted by molar-refractivity contribution is -0.138. The standard InChI is InChI=1S/C24H24N2O7S/c1-16(28)25-20-8-9-23(34(31,32)26-21(15-27)14-24(29)30)22(13-20)33-11-10-17-6-7-18-4-2-3-5-19(18)12-17/h2-9,12-13,15,21,26H,10-11,14H2,1H3,(H,25,28)(H,29,30). The molecule has 3 aromatic carbocycles. The lowest BCUT2D eigenvalue weighted by atomic mass is 10.1. The quantitative estimate of drug-likeness (QED) is 0.356. The summed E-state index contributed by atoms with van der Waals surface area (Å²) in [5, 5.41) is 13.6. The van der Waals surface area contributed by atoms with Crippen molar-refractivity contribution in [3.8, 4) is 5.75 Å². The maximum atomic E-state index is 12.9. The van der Waals surface area contributed by atoms with Crippen LogP contribution in [0.3, 0.4) is 0 Å². The summed E-state index contributed by atoms with van der Waals surface area (Å²) in [5.74, 6) is -1.72. The van der Waals surface area contributed by atoms with Crippen LogP contribution in [0, 0.1) is 0 Å². The Bertz CT molecular complexity index is 1320. The van der Waals surface area contributed by atoms with E-state index in [1.165, 1.54) is 25.1 Å². The summed E-state index contributed by atoms with van der Waals surface area (Å²) in [6.07, 6.45) is 0.000547. The molecule has 10 heteroatoms. The van der Waals surface area contributed by atoms with Gasteiger partial charge in [0.25, 0.3) is 0 Å². The van der Waals surface area contributed by atoms with Crippen LogP contribution in [0.15, 0.2) is 65.6 Å². The average molecular weight is 485 g/mol. The Balaban J connectivity index is 1.83. The zero-order valence-corrected chi connectivity index (χ0v) is 19.2. The van der Waals surface area contributed by atoms with Crippen LogP contribution in [0.2, 0.25) is 0 Å². The monoisotopic (exact) mass is 484 g/mol. The van der Waals surface area contributed by atoms with Gasteiger partial charge < -0.3 is 20.0 Å². The summed E-state index contributed by atoms with van der Waals surface area (Å²) >= 11 is 0. The zero-order valence-electron chi connectivity index (χ0n) is 18.4. The number of anilines is 1. The molecule has 178 valence electrons. The second-order valence-corrected chi connectivity index (χ2v) is 9.27. The third-order valence-electron chi connectivity index (χ3n) is 4.88. The number of carboxylic acid groups (broad SMARTS) is 1. The van der Waals surface area contributed by atoms with Crippen LogP contribution in [0.25, 0.3) is 10.8 Å². The number of rotatable bonds is 11. The summed E-state index contributed by atoms with van der Waals surface area (Å²) in [6, 6.07) is 16.4. The molecule has 34 heavy (non-hydrogen) atoms. The summed E-state index contributed by atoms with van der Waals surface area (Å²) in [6.45, 7) is 1.45. The Kier molecular flexibility index (Phi) is 7.98. The summed E-state index contributed by atoms with van der Waals surface area (Å²) in [5.41, 5.74) is 1.31. The largest absolute Gasteiger partial charge is 0.492 e. The van der Waals surface area contributed by atoms with Gasteiger partial charge in [-0.2, -0.15) is 0 Å². The van der Waals surface area contributed by atoms with E-state index in [4.69, 9.17) is 9.84 Å². The maximum absolute atomic E-state index is 12.9. The van der Waals surface area contributed by atoms with Crippen molar-refractivity contribution in [3.05, 3.63) is 66.2 Å². The van der Waals surface area contributed by atoms with Crippen molar-refractivity contribution in [2.75, 3.05) is 11.9 Å². The molecule has 3 N–H and O–H groups in total. The van der Waals surface area contributed by atoms with Crippen molar-refractivity contribution in [1.82, 2.24) is 4.72 Å². The Morgan fingerprint density at radius 1 is 1.06 bits per heavy atom. The number of aliphatic carboxylic acids is 1. The van der Waals surface area contributed by atoms with Gasteiger partial charge in [0.05, 0.1) is 19.1 Å².